The quantitative estimate of drug-likeness (QED) is 0.846. The van der Waals surface area contributed by atoms with Gasteiger partial charge in [0, 0.05) is 6.04 Å². The van der Waals surface area contributed by atoms with Gasteiger partial charge in [0.25, 0.3) is 0 Å². The zero-order valence-corrected chi connectivity index (χ0v) is 11.2. The second-order valence-corrected chi connectivity index (χ2v) is 4.43. The van der Waals surface area contributed by atoms with Crippen molar-refractivity contribution in [2.24, 2.45) is 5.73 Å². The van der Waals surface area contributed by atoms with Crippen LogP contribution in [0.25, 0.3) is 0 Å². The van der Waals surface area contributed by atoms with Crippen LogP contribution in [0.4, 0.5) is 13.2 Å². The van der Waals surface area contributed by atoms with E-state index in [1.807, 2.05) is 13.8 Å². The van der Waals surface area contributed by atoms with Crippen molar-refractivity contribution >= 4 is 5.91 Å². The van der Waals surface area contributed by atoms with Crippen LogP contribution in [0, 0.1) is 0 Å². The Morgan fingerprint density at radius 1 is 1.35 bits per heavy atom. The SMILES string of the molecule is CCC(C)NC(C(N)=O)c1ccc(OC(F)(F)F)cc1. The molecule has 0 spiro atoms. The number of amides is 1. The summed E-state index contributed by atoms with van der Waals surface area (Å²) in [6, 6.07) is 4.37. The van der Waals surface area contributed by atoms with E-state index < -0.39 is 18.3 Å². The maximum absolute atomic E-state index is 12.0. The smallest absolute Gasteiger partial charge is 0.406 e. The highest BCUT2D eigenvalue weighted by atomic mass is 19.4. The highest BCUT2D eigenvalue weighted by Crippen LogP contribution is 2.24. The molecule has 2 unspecified atom stereocenters. The van der Waals surface area contributed by atoms with Crippen LogP contribution in [0.5, 0.6) is 5.75 Å². The number of ether oxygens (including phenoxy) is 1. The van der Waals surface area contributed by atoms with Crippen LogP contribution in [0.2, 0.25) is 0 Å². The summed E-state index contributed by atoms with van der Waals surface area (Å²) in [5.74, 6) is -0.928. The summed E-state index contributed by atoms with van der Waals surface area (Å²) in [7, 11) is 0. The lowest BCUT2D eigenvalue weighted by Gasteiger charge is -2.20. The van der Waals surface area contributed by atoms with Crippen molar-refractivity contribution in [3.63, 3.8) is 0 Å². The van der Waals surface area contributed by atoms with E-state index in [0.29, 0.717) is 5.56 Å². The number of carbonyl (C=O) groups excluding carboxylic acids is 1. The summed E-state index contributed by atoms with van der Waals surface area (Å²) in [6.45, 7) is 3.83. The van der Waals surface area contributed by atoms with E-state index in [0.717, 1.165) is 18.6 Å². The van der Waals surface area contributed by atoms with E-state index >= 15 is 0 Å². The standard InChI is InChI=1S/C13H17F3N2O2/c1-3-8(2)18-11(12(17)19)9-4-6-10(7-5-9)20-13(14,15)16/h4-8,11,18H,3H2,1-2H3,(H2,17,19). The highest BCUT2D eigenvalue weighted by molar-refractivity contribution is 5.81. The Morgan fingerprint density at radius 2 is 1.90 bits per heavy atom. The predicted molar refractivity (Wildman–Crippen MR) is 67.9 cm³/mol. The Morgan fingerprint density at radius 3 is 2.30 bits per heavy atom. The molecule has 0 saturated heterocycles. The number of hydrogen-bond acceptors (Lipinski definition) is 3. The van der Waals surface area contributed by atoms with Gasteiger partial charge in [-0.1, -0.05) is 19.1 Å². The number of nitrogens with two attached hydrogens (primary N) is 1. The molecule has 20 heavy (non-hydrogen) atoms. The molecule has 0 aromatic heterocycles. The molecule has 0 fully saturated rings. The number of hydrogen-bond donors (Lipinski definition) is 2. The molecule has 0 radical (unpaired) electrons. The van der Waals surface area contributed by atoms with Gasteiger partial charge >= 0.3 is 6.36 Å². The molecule has 0 bridgehead atoms. The molecule has 0 aliphatic carbocycles. The van der Waals surface area contributed by atoms with E-state index in [1.165, 1.54) is 12.1 Å². The lowest BCUT2D eigenvalue weighted by atomic mass is 10.0. The molecule has 2 atom stereocenters. The van der Waals surface area contributed by atoms with Crippen molar-refractivity contribution in [1.82, 2.24) is 5.32 Å². The Balaban J connectivity index is 2.85. The van der Waals surface area contributed by atoms with Crippen molar-refractivity contribution in [2.75, 3.05) is 0 Å². The predicted octanol–water partition coefficient (Wildman–Crippen LogP) is 2.50. The molecule has 0 aliphatic rings. The summed E-state index contributed by atoms with van der Waals surface area (Å²) in [6.07, 6.45) is -3.95. The number of primary amides is 1. The number of benzene rings is 1. The van der Waals surface area contributed by atoms with Crippen molar-refractivity contribution < 1.29 is 22.7 Å². The van der Waals surface area contributed by atoms with Crippen LogP contribution < -0.4 is 15.8 Å². The van der Waals surface area contributed by atoms with Crippen molar-refractivity contribution in [1.29, 1.82) is 0 Å². The Bertz CT molecular complexity index is 446. The van der Waals surface area contributed by atoms with Crippen LogP contribution in [0.3, 0.4) is 0 Å². The molecule has 1 amide bonds. The summed E-state index contributed by atoms with van der Waals surface area (Å²) < 4.78 is 39.9. The lowest BCUT2D eigenvalue weighted by Crippen LogP contribution is -2.38. The highest BCUT2D eigenvalue weighted by Gasteiger charge is 2.31. The van der Waals surface area contributed by atoms with Gasteiger partial charge in [-0.3, -0.25) is 10.1 Å². The number of carbonyl (C=O) groups is 1. The van der Waals surface area contributed by atoms with E-state index in [2.05, 4.69) is 10.1 Å². The Labute approximate surface area is 115 Å². The largest absolute Gasteiger partial charge is 0.573 e. The van der Waals surface area contributed by atoms with Crippen LogP contribution >= 0.6 is 0 Å². The van der Waals surface area contributed by atoms with E-state index in [9.17, 15) is 18.0 Å². The van der Waals surface area contributed by atoms with Gasteiger partial charge in [-0.15, -0.1) is 13.2 Å². The zero-order chi connectivity index (χ0) is 15.3. The molecule has 4 nitrogen and oxygen atoms in total. The minimum absolute atomic E-state index is 0.0543. The minimum atomic E-state index is -4.74. The first-order chi connectivity index (χ1) is 9.23. The fraction of sp³-hybridized carbons (Fsp3) is 0.462. The molecule has 7 heteroatoms. The molecular weight excluding hydrogens is 273 g/mol. The van der Waals surface area contributed by atoms with Crippen LogP contribution in [0.15, 0.2) is 24.3 Å². The molecule has 1 aromatic carbocycles. The summed E-state index contributed by atoms with van der Waals surface area (Å²) in [4.78, 5) is 11.4. The van der Waals surface area contributed by atoms with Gasteiger partial charge in [-0.2, -0.15) is 0 Å². The number of rotatable bonds is 6. The van der Waals surface area contributed by atoms with Crippen molar-refractivity contribution in [2.45, 2.75) is 38.7 Å². The third-order valence-corrected chi connectivity index (χ3v) is 2.80. The maximum Gasteiger partial charge on any atom is 0.573 e. The molecule has 1 rings (SSSR count). The first-order valence-corrected chi connectivity index (χ1v) is 6.14. The van der Waals surface area contributed by atoms with Crippen LogP contribution in [-0.4, -0.2) is 18.3 Å². The van der Waals surface area contributed by atoms with Crippen LogP contribution in [-0.2, 0) is 4.79 Å². The first-order valence-electron chi connectivity index (χ1n) is 6.14. The Kier molecular flexibility index (Phi) is 5.38. The molecule has 3 N–H and O–H groups in total. The first kappa shape index (κ1) is 16.3. The molecule has 0 saturated carbocycles. The van der Waals surface area contributed by atoms with Crippen molar-refractivity contribution in [3.05, 3.63) is 29.8 Å². The third-order valence-electron chi connectivity index (χ3n) is 2.80. The van der Waals surface area contributed by atoms with Gasteiger partial charge in [-0.25, -0.2) is 0 Å². The second-order valence-electron chi connectivity index (χ2n) is 4.43. The van der Waals surface area contributed by atoms with E-state index in [4.69, 9.17) is 5.73 Å². The zero-order valence-electron chi connectivity index (χ0n) is 11.2. The summed E-state index contributed by atoms with van der Waals surface area (Å²) >= 11 is 0. The molecule has 0 heterocycles. The average molecular weight is 290 g/mol. The van der Waals surface area contributed by atoms with Gasteiger partial charge in [-0.05, 0) is 31.0 Å². The number of alkyl halides is 3. The van der Waals surface area contributed by atoms with Gasteiger partial charge in [0.2, 0.25) is 5.91 Å². The van der Waals surface area contributed by atoms with Crippen molar-refractivity contribution in [3.8, 4) is 5.75 Å². The topological polar surface area (TPSA) is 64.3 Å². The normalized spacial score (nSPS) is 14.7. The number of nitrogens with one attached hydrogen (secondary N) is 1. The summed E-state index contributed by atoms with van der Waals surface area (Å²) in [5.41, 5.74) is 5.79. The monoisotopic (exact) mass is 290 g/mol. The van der Waals surface area contributed by atoms with Gasteiger partial charge in [0.05, 0.1) is 0 Å². The second kappa shape index (κ2) is 6.60. The lowest BCUT2D eigenvalue weighted by molar-refractivity contribution is -0.274. The van der Waals surface area contributed by atoms with Gasteiger partial charge in [0.15, 0.2) is 0 Å². The van der Waals surface area contributed by atoms with Gasteiger partial charge < -0.3 is 10.5 Å². The molecule has 1 aromatic rings. The number of halogens is 3. The summed E-state index contributed by atoms with van der Waals surface area (Å²) in [5, 5.41) is 3.01. The molecule has 0 aliphatic heterocycles. The maximum atomic E-state index is 12.0. The van der Waals surface area contributed by atoms with E-state index in [-0.39, 0.29) is 11.8 Å². The minimum Gasteiger partial charge on any atom is -0.406 e. The fourth-order valence-corrected chi connectivity index (χ4v) is 1.61. The third kappa shape index (κ3) is 5.08. The average Bonchev–Trinajstić information content (AvgIpc) is 2.34. The molecular formula is C13H17F3N2O2. The molecule has 112 valence electrons. The fourth-order valence-electron chi connectivity index (χ4n) is 1.61. The van der Waals surface area contributed by atoms with Gasteiger partial charge in [0.1, 0.15) is 11.8 Å². The van der Waals surface area contributed by atoms with E-state index in [1.54, 1.807) is 0 Å². The van der Waals surface area contributed by atoms with Crippen LogP contribution in [0.1, 0.15) is 31.9 Å². The Hall–Kier alpha value is -1.76.